The molecule has 124 valence electrons. The van der Waals surface area contributed by atoms with Crippen LogP contribution >= 0.6 is 24.2 Å². The molecule has 9 heteroatoms. The second-order valence-electron chi connectivity index (χ2n) is 4.38. The Hall–Kier alpha value is -1.38. The molecule has 1 aromatic carbocycles. The van der Waals surface area contributed by atoms with E-state index in [0.717, 1.165) is 0 Å². The van der Waals surface area contributed by atoms with Crippen LogP contribution < -0.4 is 5.32 Å². The summed E-state index contributed by atoms with van der Waals surface area (Å²) in [5.74, 6) is -3.88. The number of rotatable bonds is 7. The fourth-order valence-electron chi connectivity index (χ4n) is 1.47. The summed E-state index contributed by atoms with van der Waals surface area (Å²) in [4.78, 5) is 24.3. The lowest BCUT2D eigenvalue weighted by molar-refractivity contribution is -0.142. The molecule has 2 N–H and O–H groups in total. The number of carbonyl (C=O) groups excluding carboxylic acids is 1. The zero-order valence-corrected chi connectivity index (χ0v) is 13.6. The largest absolute Gasteiger partial charge is 0.480 e. The molecule has 0 radical (unpaired) electrons. The van der Waals surface area contributed by atoms with Crippen molar-refractivity contribution in [3.05, 3.63) is 24.3 Å². The molecule has 0 spiro atoms. The number of carboxylic acid groups (broad SMARTS) is 1. The lowest BCUT2D eigenvalue weighted by Crippen LogP contribution is -2.40. The number of carboxylic acids is 1. The standard InChI is InChI=1S/C13H16F2N2O3S.ClH/c1-8(12(19)20)17(2)7-11(18)16-9-3-5-10(6-4-9)21-13(14)15;/h3-6,8,13H,7H2,1-2H3,(H,16,18)(H,19,20);1H. The van der Waals surface area contributed by atoms with E-state index in [4.69, 9.17) is 5.11 Å². The molecule has 0 bridgehead atoms. The first-order valence-corrected chi connectivity index (χ1v) is 6.95. The fraction of sp³-hybridized carbons (Fsp3) is 0.385. The maximum atomic E-state index is 12.2. The highest BCUT2D eigenvalue weighted by atomic mass is 35.5. The van der Waals surface area contributed by atoms with Gasteiger partial charge in [0.1, 0.15) is 6.04 Å². The topological polar surface area (TPSA) is 69.6 Å². The minimum Gasteiger partial charge on any atom is -0.480 e. The third-order valence-corrected chi connectivity index (χ3v) is 3.50. The van der Waals surface area contributed by atoms with Gasteiger partial charge in [0.25, 0.3) is 5.76 Å². The Morgan fingerprint density at radius 2 is 1.86 bits per heavy atom. The molecule has 22 heavy (non-hydrogen) atoms. The Bertz CT molecular complexity index is 503. The van der Waals surface area contributed by atoms with Crippen molar-refractivity contribution < 1.29 is 23.5 Å². The number of anilines is 1. The summed E-state index contributed by atoms with van der Waals surface area (Å²) in [7, 11) is 1.53. The van der Waals surface area contributed by atoms with Crippen molar-refractivity contribution >= 4 is 41.7 Å². The molecule has 1 rings (SSSR count). The number of alkyl halides is 2. The third kappa shape index (κ3) is 7.06. The summed E-state index contributed by atoms with van der Waals surface area (Å²) in [6.07, 6.45) is 0. The van der Waals surface area contributed by atoms with Gasteiger partial charge in [0.15, 0.2) is 0 Å². The van der Waals surface area contributed by atoms with Crippen LogP contribution in [-0.2, 0) is 9.59 Å². The monoisotopic (exact) mass is 354 g/mol. The minimum absolute atomic E-state index is 0. The molecular weight excluding hydrogens is 338 g/mol. The van der Waals surface area contributed by atoms with Crippen molar-refractivity contribution in [2.24, 2.45) is 0 Å². The summed E-state index contributed by atoms with van der Waals surface area (Å²) in [5.41, 5.74) is 0.468. The molecule has 1 unspecified atom stereocenters. The van der Waals surface area contributed by atoms with Gasteiger partial charge in [-0.05, 0) is 38.2 Å². The Morgan fingerprint density at radius 3 is 2.32 bits per heavy atom. The molecule has 0 aliphatic carbocycles. The summed E-state index contributed by atoms with van der Waals surface area (Å²) in [6.45, 7) is 1.40. The van der Waals surface area contributed by atoms with Gasteiger partial charge in [-0.15, -0.1) is 12.4 Å². The zero-order valence-electron chi connectivity index (χ0n) is 12.0. The molecule has 0 aromatic heterocycles. The number of carbonyl (C=O) groups is 2. The average Bonchev–Trinajstić information content (AvgIpc) is 2.39. The molecule has 5 nitrogen and oxygen atoms in total. The Morgan fingerprint density at radius 1 is 1.32 bits per heavy atom. The number of likely N-dealkylation sites (N-methyl/N-ethyl adjacent to an activating group) is 1. The highest BCUT2D eigenvalue weighted by Gasteiger charge is 2.19. The molecule has 0 fully saturated rings. The maximum Gasteiger partial charge on any atom is 0.320 e. The fourth-order valence-corrected chi connectivity index (χ4v) is 1.97. The van der Waals surface area contributed by atoms with E-state index >= 15 is 0 Å². The maximum absolute atomic E-state index is 12.2. The molecule has 0 heterocycles. The number of thioether (sulfide) groups is 1. The predicted octanol–water partition coefficient (Wildman–Crippen LogP) is 2.77. The molecular formula is C13H17ClF2N2O3S. The van der Waals surface area contributed by atoms with Gasteiger partial charge < -0.3 is 10.4 Å². The molecule has 0 aliphatic rings. The highest BCUT2D eigenvalue weighted by Crippen LogP contribution is 2.26. The molecule has 1 amide bonds. The van der Waals surface area contributed by atoms with Crippen molar-refractivity contribution in [1.82, 2.24) is 4.90 Å². The van der Waals surface area contributed by atoms with Gasteiger partial charge in [-0.25, -0.2) is 0 Å². The second kappa shape index (κ2) is 9.60. The lowest BCUT2D eigenvalue weighted by Gasteiger charge is -2.20. The van der Waals surface area contributed by atoms with E-state index in [-0.39, 0.29) is 24.9 Å². The van der Waals surface area contributed by atoms with Crippen LogP contribution in [0.1, 0.15) is 6.92 Å². The van der Waals surface area contributed by atoms with Crippen LogP contribution in [-0.4, -0.2) is 47.3 Å². The van der Waals surface area contributed by atoms with Gasteiger partial charge in [0.2, 0.25) is 5.91 Å². The number of benzene rings is 1. The smallest absolute Gasteiger partial charge is 0.320 e. The Labute approximate surface area is 137 Å². The first-order chi connectivity index (χ1) is 9.79. The van der Waals surface area contributed by atoms with Crippen molar-refractivity contribution in [1.29, 1.82) is 0 Å². The quantitative estimate of drug-likeness (QED) is 0.737. The summed E-state index contributed by atoms with van der Waals surface area (Å²) in [5, 5.41) is 11.4. The number of halogens is 3. The van der Waals surface area contributed by atoms with E-state index < -0.39 is 17.8 Å². The normalized spacial score (nSPS) is 11.9. The number of nitrogens with one attached hydrogen (secondary N) is 1. The van der Waals surface area contributed by atoms with Gasteiger partial charge in [-0.3, -0.25) is 14.5 Å². The van der Waals surface area contributed by atoms with E-state index in [9.17, 15) is 18.4 Å². The van der Waals surface area contributed by atoms with Crippen LogP contribution in [0, 0.1) is 0 Å². The van der Waals surface area contributed by atoms with Gasteiger partial charge in [0, 0.05) is 10.6 Å². The van der Waals surface area contributed by atoms with Gasteiger partial charge in [-0.2, -0.15) is 8.78 Å². The second-order valence-corrected chi connectivity index (χ2v) is 5.44. The zero-order chi connectivity index (χ0) is 16.0. The molecule has 1 aromatic rings. The van der Waals surface area contributed by atoms with Crippen LogP contribution in [0.5, 0.6) is 0 Å². The van der Waals surface area contributed by atoms with Gasteiger partial charge >= 0.3 is 5.97 Å². The number of aliphatic carboxylic acids is 1. The van der Waals surface area contributed by atoms with Crippen molar-refractivity contribution in [2.75, 3.05) is 18.9 Å². The number of hydrogen-bond donors (Lipinski definition) is 2. The predicted molar refractivity (Wildman–Crippen MR) is 83.9 cm³/mol. The van der Waals surface area contributed by atoms with Crippen LogP contribution in [0.15, 0.2) is 29.2 Å². The van der Waals surface area contributed by atoms with E-state index in [2.05, 4.69) is 5.32 Å². The van der Waals surface area contributed by atoms with Crippen molar-refractivity contribution in [2.45, 2.75) is 23.6 Å². The summed E-state index contributed by atoms with van der Waals surface area (Å²) in [6, 6.07) is 5.22. The van der Waals surface area contributed by atoms with Crippen molar-refractivity contribution in [3.8, 4) is 0 Å². The van der Waals surface area contributed by atoms with E-state index in [1.165, 1.54) is 43.1 Å². The summed E-state index contributed by atoms with van der Waals surface area (Å²) < 4.78 is 24.3. The molecule has 0 saturated carbocycles. The molecule has 0 aliphatic heterocycles. The first kappa shape index (κ1) is 20.6. The number of nitrogens with zero attached hydrogens (tertiary/aromatic N) is 1. The number of amides is 1. The Kier molecular flexibility index (Phi) is 9.00. The van der Waals surface area contributed by atoms with Crippen LogP contribution in [0.2, 0.25) is 0 Å². The van der Waals surface area contributed by atoms with Crippen molar-refractivity contribution in [3.63, 3.8) is 0 Å². The lowest BCUT2D eigenvalue weighted by atomic mass is 10.3. The SMILES string of the molecule is CC(C(=O)O)N(C)CC(=O)Nc1ccc(SC(F)F)cc1.Cl. The van der Waals surface area contributed by atoms with Gasteiger partial charge in [0.05, 0.1) is 6.54 Å². The van der Waals surface area contributed by atoms with Crippen LogP contribution in [0.4, 0.5) is 14.5 Å². The molecule has 1 atom stereocenters. The highest BCUT2D eigenvalue weighted by molar-refractivity contribution is 7.99. The van der Waals surface area contributed by atoms with E-state index in [0.29, 0.717) is 22.3 Å². The third-order valence-electron chi connectivity index (χ3n) is 2.77. The first-order valence-electron chi connectivity index (χ1n) is 6.07. The van der Waals surface area contributed by atoms with E-state index in [1.54, 1.807) is 0 Å². The minimum atomic E-state index is -2.49. The average molecular weight is 355 g/mol. The van der Waals surface area contributed by atoms with Gasteiger partial charge in [-0.1, -0.05) is 11.8 Å². The Balaban J connectivity index is 0.00000441. The van der Waals surface area contributed by atoms with Crippen LogP contribution in [0.25, 0.3) is 0 Å². The van der Waals surface area contributed by atoms with E-state index in [1.807, 2.05) is 0 Å². The number of hydrogen-bond acceptors (Lipinski definition) is 4. The van der Waals surface area contributed by atoms with Crippen LogP contribution in [0.3, 0.4) is 0 Å². The summed E-state index contributed by atoms with van der Waals surface area (Å²) >= 11 is 0.424. The molecule has 0 saturated heterocycles.